The Kier molecular flexibility index (Phi) is 1.45. The molecule has 0 aliphatic carbocycles. The van der Waals surface area contributed by atoms with Crippen molar-refractivity contribution in [3.8, 4) is 11.4 Å². The number of benzene rings is 2. The molecule has 4 rings (SSSR count). The molecule has 0 saturated carbocycles. The summed E-state index contributed by atoms with van der Waals surface area (Å²) < 4.78 is 1.92. The minimum Gasteiger partial charge on any atom is -0.283 e. The van der Waals surface area contributed by atoms with Crippen LogP contribution in [0.25, 0.3) is 22.4 Å². The van der Waals surface area contributed by atoms with E-state index in [4.69, 9.17) is 5.41 Å². The molecule has 0 radical (unpaired) electrons. The highest BCUT2D eigenvalue weighted by molar-refractivity contribution is 6.13. The maximum Gasteiger partial charge on any atom is 0.147 e. The third-order valence-corrected chi connectivity index (χ3v) is 3.21. The van der Waals surface area contributed by atoms with Crippen molar-refractivity contribution in [3.63, 3.8) is 0 Å². The summed E-state index contributed by atoms with van der Waals surface area (Å²) >= 11 is 0. The van der Waals surface area contributed by atoms with Crippen molar-refractivity contribution >= 4 is 16.9 Å². The zero-order valence-corrected chi connectivity index (χ0v) is 9.01. The second-order valence-corrected chi connectivity index (χ2v) is 4.15. The van der Waals surface area contributed by atoms with Gasteiger partial charge in [0.05, 0.1) is 11.0 Å². The van der Waals surface area contributed by atoms with Crippen LogP contribution in [0.15, 0.2) is 48.5 Å². The van der Waals surface area contributed by atoms with Crippen LogP contribution in [0.1, 0.15) is 5.56 Å². The molecule has 0 fully saturated rings. The minimum atomic E-state index is 0.518. The van der Waals surface area contributed by atoms with Gasteiger partial charge in [-0.25, -0.2) is 4.98 Å². The number of nitrogens with zero attached hydrogens (tertiary/aromatic N) is 2. The second kappa shape index (κ2) is 2.83. The molecule has 1 aliphatic rings. The Labute approximate surface area is 97.9 Å². The Balaban J connectivity index is 2.19. The van der Waals surface area contributed by atoms with Gasteiger partial charge in [-0.2, -0.15) is 0 Å². The lowest BCUT2D eigenvalue weighted by Gasteiger charge is -2.00. The first-order valence-electron chi connectivity index (χ1n) is 5.52. The molecular formula is C14H9N3. The summed E-state index contributed by atoms with van der Waals surface area (Å²) in [6, 6.07) is 15.9. The van der Waals surface area contributed by atoms with Crippen LogP contribution in [0, 0.1) is 5.41 Å². The number of nitrogens with one attached hydrogen (secondary N) is 1. The van der Waals surface area contributed by atoms with Crippen LogP contribution in [-0.4, -0.2) is 15.4 Å². The maximum atomic E-state index is 8.23. The lowest BCUT2D eigenvalue weighted by molar-refractivity contribution is 1.19. The number of rotatable bonds is 0. The van der Waals surface area contributed by atoms with E-state index in [1.54, 1.807) is 0 Å². The SMILES string of the molecule is N=C1c2ccccc2-c2nc3ccccc3n21. The molecule has 80 valence electrons. The number of para-hydroxylation sites is 2. The van der Waals surface area contributed by atoms with Crippen LogP contribution in [0.2, 0.25) is 0 Å². The largest absolute Gasteiger partial charge is 0.283 e. The molecule has 17 heavy (non-hydrogen) atoms. The van der Waals surface area contributed by atoms with E-state index in [2.05, 4.69) is 4.98 Å². The van der Waals surface area contributed by atoms with Gasteiger partial charge in [-0.15, -0.1) is 0 Å². The monoisotopic (exact) mass is 219 g/mol. The quantitative estimate of drug-likeness (QED) is 0.485. The molecule has 0 amide bonds. The molecule has 0 bridgehead atoms. The van der Waals surface area contributed by atoms with Crippen molar-refractivity contribution in [2.24, 2.45) is 0 Å². The predicted octanol–water partition coefficient (Wildman–Crippen LogP) is 2.89. The van der Waals surface area contributed by atoms with Gasteiger partial charge in [-0.05, 0) is 12.1 Å². The first kappa shape index (κ1) is 8.70. The van der Waals surface area contributed by atoms with E-state index in [9.17, 15) is 0 Å². The third kappa shape index (κ3) is 0.959. The first-order chi connectivity index (χ1) is 8.36. The number of hydrogen-bond donors (Lipinski definition) is 1. The van der Waals surface area contributed by atoms with Crippen molar-refractivity contribution in [3.05, 3.63) is 54.1 Å². The van der Waals surface area contributed by atoms with E-state index in [1.165, 1.54) is 0 Å². The summed E-state index contributed by atoms with van der Waals surface area (Å²) in [4.78, 5) is 4.61. The topological polar surface area (TPSA) is 41.7 Å². The van der Waals surface area contributed by atoms with E-state index in [0.717, 1.165) is 28.0 Å². The smallest absolute Gasteiger partial charge is 0.147 e. The predicted molar refractivity (Wildman–Crippen MR) is 67.4 cm³/mol. The van der Waals surface area contributed by atoms with Gasteiger partial charge in [0.15, 0.2) is 0 Å². The van der Waals surface area contributed by atoms with Crippen molar-refractivity contribution in [2.75, 3.05) is 0 Å². The zero-order valence-electron chi connectivity index (χ0n) is 9.01. The maximum absolute atomic E-state index is 8.23. The highest BCUT2D eigenvalue weighted by Crippen LogP contribution is 2.33. The first-order valence-corrected chi connectivity index (χ1v) is 5.52. The van der Waals surface area contributed by atoms with Gasteiger partial charge in [-0.1, -0.05) is 36.4 Å². The normalized spacial score (nSPS) is 12.8. The molecule has 0 unspecified atom stereocenters. The summed E-state index contributed by atoms with van der Waals surface area (Å²) in [7, 11) is 0. The summed E-state index contributed by atoms with van der Waals surface area (Å²) in [5.74, 6) is 1.40. The molecular weight excluding hydrogens is 210 g/mol. The fourth-order valence-corrected chi connectivity index (χ4v) is 2.44. The Morgan fingerprint density at radius 1 is 0.882 bits per heavy atom. The van der Waals surface area contributed by atoms with Gasteiger partial charge in [0, 0.05) is 11.1 Å². The molecule has 3 aromatic rings. The molecule has 0 saturated heterocycles. The summed E-state index contributed by atoms with van der Waals surface area (Å²) in [5, 5.41) is 8.23. The number of aromatic nitrogens is 2. The molecule has 3 heteroatoms. The average molecular weight is 219 g/mol. The Bertz CT molecular complexity index is 768. The van der Waals surface area contributed by atoms with E-state index < -0.39 is 0 Å². The lowest BCUT2D eigenvalue weighted by Crippen LogP contribution is -2.05. The molecule has 1 N–H and O–H groups in total. The second-order valence-electron chi connectivity index (χ2n) is 4.15. The Morgan fingerprint density at radius 3 is 2.47 bits per heavy atom. The third-order valence-electron chi connectivity index (χ3n) is 3.21. The summed E-state index contributed by atoms with van der Waals surface area (Å²) in [5.41, 5.74) is 3.96. The fraction of sp³-hybridized carbons (Fsp3) is 0. The van der Waals surface area contributed by atoms with E-state index in [-0.39, 0.29) is 0 Å². The molecule has 1 aromatic heterocycles. The van der Waals surface area contributed by atoms with Gasteiger partial charge in [0.2, 0.25) is 0 Å². The van der Waals surface area contributed by atoms with Crippen LogP contribution in [0.4, 0.5) is 0 Å². The molecule has 0 atom stereocenters. The lowest BCUT2D eigenvalue weighted by atomic mass is 10.1. The van der Waals surface area contributed by atoms with Gasteiger partial charge in [-0.3, -0.25) is 9.98 Å². The van der Waals surface area contributed by atoms with Crippen molar-refractivity contribution < 1.29 is 0 Å². The van der Waals surface area contributed by atoms with Crippen molar-refractivity contribution in [1.82, 2.24) is 9.55 Å². The zero-order chi connectivity index (χ0) is 11.4. The van der Waals surface area contributed by atoms with E-state index in [1.807, 2.05) is 53.1 Å². The highest BCUT2D eigenvalue weighted by Gasteiger charge is 2.26. The van der Waals surface area contributed by atoms with Crippen molar-refractivity contribution in [2.45, 2.75) is 0 Å². The number of hydrogen-bond acceptors (Lipinski definition) is 2. The summed E-state index contributed by atoms with van der Waals surface area (Å²) in [6.45, 7) is 0. The fourth-order valence-electron chi connectivity index (χ4n) is 2.44. The van der Waals surface area contributed by atoms with Gasteiger partial charge < -0.3 is 0 Å². The van der Waals surface area contributed by atoms with Crippen LogP contribution in [-0.2, 0) is 0 Å². The minimum absolute atomic E-state index is 0.518. The average Bonchev–Trinajstić information content (AvgIpc) is 2.88. The summed E-state index contributed by atoms with van der Waals surface area (Å²) in [6.07, 6.45) is 0. The molecule has 2 heterocycles. The Morgan fingerprint density at radius 2 is 1.59 bits per heavy atom. The van der Waals surface area contributed by atoms with Crippen LogP contribution in [0.5, 0.6) is 0 Å². The van der Waals surface area contributed by atoms with Crippen LogP contribution < -0.4 is 0 Å². The number of imidazole rings is 1. The van der Waals surface area contributed by atoms with Gasteiger partial charge in [0.1, 0.15) is 11.7 Å². The van der Waals surface area contributed by atoms with E-state index in [0.29, 0.717) is 5.84 Å². The van der Waals surface area contributed by atoms with Crippen LogP contribution >= 0.6 is 0 Å². The molecule has 0 spiro atoms. The molecule has 2 aromatic carbocycles. The molecule has 1 aliphatic heterocycles. The van der Waals surface area contributed by atoms with Gasteiger partial charge in [0.25, 0.3) is 0 Å². The molecule has 3 nitrogen and oxygen atoms in total. The Hall–Kier alpha value is -2.42. The van der Waals surface area contributed by atoms with Gasteiger partial charge >= 0.3 is 0 Å². The van der Waals surface area contributed by atoms with Crippen molar-refractivity contribution in [1.29, 1.82) is 5.41 Å². The van der Waals surface area contributed by atoms with E-state index >= 15 is 0 Å². The van der Waals surface area contributed by atoms with Crippen LogP contribution in [0.3, 0.4) is 0 Å². The number of fused-ring (bicyclic) bond motifs is 5. The standard InChI is InChI=1S/C14H9N3/c15-13-9-5-1-2-6-10(9)14-16-11-7-3-4-8-12(11)17(13)14/h1-8,15H. The highest BCUT2D eigenvalue weighted by atomic mass is 15.1.